The van der Waals surface area contributed by atoms with Crippen LogP contribution in [0.1, 0.15) is 38.8 Å². The van der Waals surface area contributed by atoms with Crippen LogP contribution in [0.4, 0.5) is 4.79 Å². The second-order valence-corrected chi connectivity index (χ2v) is 9.90. The molecule has 0 radical (unpaired) electrons. The van der Waals surface area contributed by atoms with Crippen LogP contribution in [-0.2, 0) is 32.2 Å². The Morgan fingerprint density at radius 3 is 2.31 bits per heavy atom. The van der Waals surface area contributed by atoms with E-state index >= 15 is 0 Å². The minimum absolute atomic E-state index is 0.153. The highest BCUT2D eigenvalue weighted by Crippen LogP contribution is 2.21. The zero-order chi connectivity index (χ0) is 30.5. The molecule has 42 heavy (non-hydrogen) atoms. The Kier molecular flexibility index (Phi) is 12.7. The predicted octanol–water partition coefficient (Wildman–Crippen LogP) is 3.20. The minimum Gasteiger partial charge on any atom is -0.351 e. The van der Waals surface area contributed by atoms with Crippen molar-refractivity contribution in [3.63, 3.8) is 0 Å². The SMILES string of the molecule is CCOC(OCC)C(C)N(Cc1cccc2cccnc12)C(=O)C(C)NC(=O)CN(C)NC(=O)NCc1ccccc1. The van der Waals surface area contributed by atoms with E-state index in [0.717, 1.165) is 22.0 Å². The van der Waals surface area contributed by atoms with Gasteiger partial charge in [-0.2, -0.15) is 0 Å². The summed E-state index contributed by atoms with van der Waals surface area (Å²) >= 11 is 0. The third-order valence-corrected chi connectivity index (χ3v) is 6.60. The van der Waals surface area contributed by atoms with Gasteiger partial charge >= 0.3 is 6.03 Å². The Morgan fingerprint density at radius 2 is 1.62 bits per heavy atom. The van der Waals surface area contributed by atoms with Gasteiger partial charge in [-0.1, -0.05) is 54.6 Å². The second-order valence-electron chi connectivity index (χ2n) is 9.90. The van der Waals surface area contributed by atoms with E-state index in [1.54, 1.807) is 25.1 Å². The Bertz CT molecular complexity index is 1300. The molecule has 4 amide bonds. The van der Waals surface area contributed by atoms with E-state index in [9.17, 15) is 14.4 Å². The van der Waals surface area contributed by atoms with Crippen molar-refractivity contribution in [1.29, 1.82) is 0 Å². The molecule has 2 atom stereocenters. The van der Waals surface area contributed by atoms with Crippen molar-refractivity contribution in [3.05, 3.63) is 78.0 Å². The van der Waals surface area contributed by atoms with Crippen molar-refractivity contribution in [2.24, 2.45) is 0 Å². The number of aromatic nitrogens is 1. The van der Waals surface area contributed by atoms with Crippen molar-refractivity contribution < 1.29 is 23.9 Å². The standard InChI is InChI=1S/C31H42N6O5/c1-6-41-30(42-7-2)23(4)37(20-26-16-11-15-25-17-12-18-32-28(25)26)29(39)22(3)34-27(38)21-36(5)35-31(40)33-19-24-13-9-8-10-14-24/h8-18,22-23,30H,6-7,19-21H2,1-5H3,(H,34,38)(H2,33,35,40). The van der Waals surface area contributed by atoms with Crippen LogP contribution in [0.2, 0.25) is 0 Å². The van der Waals surface area contributed by atoms with Crippen LogP contribution in [0.15, 0.2) is 66.9 Å². The number of fused-ring (bicyclic) bond motifs is 1. The molecule has 11 nitrogen and oxygen atoms in total. The fraction of sp³-hybridized carbons (Fsp3) is 0.419. The zero-order valence-corrected chi connectivity index (χ0v) is 25.0. The van der Waals surface area contributed by atoms with Gasteiger partial charge in [0.1, 0.15) is 6.04 Å². The van der Waals surface area contributed by atoms with E-state index in [0.29, 0.717) is 19.8 Å². The molecule has 1 heterocycles. The minimum atomic E-state index is -0.855. The number of likely N-dealkylation sites (N-methyl/N-ethyl adjacent to an activating group) is 1. The first kappa shape index (κ1) is 32.5. The van der Waals surface area contributed by atoms with Gasteiger partial charge in [-0.05, 0) is 44.9 Å². The maximum atomic E-state index is 13.8. The highest BCUT2D eigenvalue weighted by molar-refractivity contribution is 5.89. The first-order chi connectivity index (χ1) is 20.2. The average Bonchev–Trinajstić information content (AvgIpc) is 2.98. The average molecular weight is 579 g/mol. The fourth-order valence-corrected chi connectivity index (χ4v) is 4.55. The summed E-state index contributed by atoms with van der Waals surface area (Å²) in [5, 5.41) is 7.83. The topological polar surface area (TPSA) is 125 Å². The monoisotopic (exact) mass is 578 g/mol. The van der Waals surface area contributed by atoms with Gasteiger partial charge in [-0.3, -0.25) is 20.0 Å². The Balaban J connectivity index is 1.66. The summed E-state index contributed by atoms with van der Waals surface area (Å²) in [4.78, 5) is 45.1. The highest BCUT2D eigenvalue weighted by atomic mass is 16.7. The van der Waals surface area contributed by atoms with Gasteiger partial charge in [0.25, 0.3) is 0 Å². The highest BCUT2D eigenvalue weighted by Gasteiger charge is 2.32. The summed E-state index contributed by atoms with van der Waals surface area (Å²) in [5.74, 6) is -0.725. The number of benzene rings is 2. The number of hydrazine groups is 1. The largest absolute Gasteiger partial charge is 0.351 e. The lowest BCUT2D eigenvalue weighted by atomic mass is 10.1. The summed E-state index contributed by atoms with van der Waals surface area (Å²) in [5.41, 5.74) is 5.22. The molecule has 0 aliphatic rings. The van der Waals surface area contributed by atoms with Gasteiger partial charge < -0.3 is 25.0 Å². The quantitative estimate of drug-likeness (QED) is 0.187. The van der Waals surface area contributed by atoms with Crippen molar-refractivity contribution in [1.82, 2.24) is 31.0 Å². The van der Waals surface area contributed by atoms with Crippen LogP contribution in [0.3, 0.4) is 0 Å². The second kappa shape index (κ2) is 16.4. The smallest absolute Gasteiger partial charge is 0.329 e. The van der Waals surface area contributed by atoms with E-state index in [1.165, 1.54) is 5.01 Å². The van der Waals surface area contributed by atoms with Crippen LogP contribution >= 0.6 is 0 Å². The Labute approximate surface area is 247 Å². The summed E-state index contributed by atoms with van der Waals surface area (Å²) < 4.78 is 11.7. The molecule has 0 saturated heterocycles. The van der Waals surface area contributed by atoms with Crippen LogP contribution in [0.5, 0.6) is 0 Å². The number of urea groups is 1. The maximum absolute atomic E-state index is 13.8. The molecule has 2 unspecified atom stereocenters. The molecule has 226 valence electrons. The lowest BCUT2D eigenvalue weighted by molar-refractivity contribution is -0.179. The molecule has 0 saturated carbocycles. The van der Waals surface area contributed by atoms with E-state index in [-0.39, 0.29) is 19.0 Å². The zero-order valence-electron chi connectivity index (χ0n) is 25.0. The third kappa shape index (κ3) is 9.51. The lowest BCUT2D eigenvalue weighted by Crippen LogP contribution is -2.55. The molecular weight excluding hydrogens is 536 g/mol. The Morgan fingerprint density at radius 1 is 0.929 bits per heavy atom. The summed E-state index contributed by atoms with van der Waals surface area (Å²) in [6, 6.07) is 17.4. The lowest BCUT2D eigenvalue weighted by Gasteiger charge is -2.36. The van der Waals surface area contributed by atoms with Gasteiger partial charge in [0.2, 0.25) is 11.8 Å². The fourth-order valence-electron chi connectivity index (χ4n) is 4.55. The van der Waals surface area contributed by atoms with Crippen molar-refractivity contribution in [2.75, 3.05) is 26.8 Å². The molecule has 2 aromatic carbocycles. The molecule has 0 bridgehead atoms. The summed E-state index contributed by atoms with van der Waals surface area (Å²) in [7, 11) is 1.57. The molecule has 0 aliphatic heterocycles. The van der Waals surface area contributed by atoms with Gasteiger partial charge in [0.05, 0.1) is 18.1 Å². The van der Waals surface area contributed by atoms with Crippen LogP contribution in [0, 0.1) is 0 Å². The number of rotatable bonds is 15. The molecule has 3 rings (SSSR count). The summed E-state index contributed by atoms with van der Waals surface area (Å²) in [6.45, 7) is 8.51. The molecule has 1 aromatic heterocycles. The van der Waals surface area contributed by atoms with Crippen molar-refractivity contribution in [2.45, 2.75) is 59.2 Å². The van der Waals surface area contributed by atoms with Crippen molar-refractivity contribution >= 4 is 28.7 Å². The molecule has 0 fully saturated rings. The number of ether oxygens (including phenoxy) is 2. The van der Waals surface area contributed by atoms with E-state index in [4.69, 9.17) is 9.47 Å². The number of nitrogens with one attached hydrogen (secondary N) is 3. The number of hydrogen-bond acceptors (Lipinski definition) is 7. The third-order valence-electron chi connectivity index (χ3n) is 6.60. The number of nitrogens with zero attached hydrogens (tertiary/aromatic N) is 3. The molecule has 3 N–H and O–H groups in total. The van der Waals surface area contributed by atoms with Gasteiger partial charge in [0.15, 0.2) is 6.29 Å². The normalized spacial score (nSPS) is 12.6. The molecule has 0 spiro atoms. The number of hydrogen-bond donors (Lipinski definition) is 3. The number of para-hydroxylation sites is 1. The number of pyridine rings is 1. The first-order valence-corrected chi connectivity index (χ1v) is 14.2. The first-order valence-electron chi connectivity index (χ1n) is 14.2. The van der Waals surface area contributed by atoms with Gasteiger partial charge in [-0.15, -0.1) is 0 Å². The van der Waals surface area contributed by atoms with E-state index in [2.05, 4.69) is 21.0 Å². The number of carbonyl (C=O) groups excluding carboxylic acids is 3. The molecular formula is C31H42N6O5. The Hall–Kier alpha value is -4.06. The van der Waals surface area contributed by atoms with Crippen LogP contribution in [-0.4, -0.2) is 77.9 Å². The number of carbonyl (C=O) groups is 3. The molecule has 11 heteroatoms. The predicted molar refractivity (Wildman–Crippen MR) is 161 cm³/mol. The summed E-state index contributed by atoms with van der Waals surface area (Å²) in [6.07, 6.45) is 1.07. The van der Waals surface area contributed by atoms with Crippen molar-refractivity contribution in [3.8, 4) is 0 Å². The van der Waals surface area contributed by atoms with Gasteiger partial charge in [0, 0.05) is 44.9 Å². The molecule has 3 aromatic rings. The van der Waals surface area contributed by atoms with Gasteiger partial charge in [-0.25, -0.2) is 9.80 Å². The van der Waals surface area contributed by atoms with E-state index in [1.807, 2.05) is 81.4 Å². The van der Waals surface area contributed by atoms with Crippen LogP contribution < -0.4 is 16.1 Å². The number of amides is 4. The maximum Gasteiger partial charge on any atom is 0.329 e. The molecule has 0 aliphatic carbocycles. The van der Waals surface area contributed by atoms with Crippen LogP contribution in [0.25, 0.3) is 10.9 Å². The van der Waals surface area contributed by atoms with E-state index < -0.39 is 30.3 Å².